The lowest BCUT2D eigenvalue weighted by Gasteiger charge is -2.14. The highest BCUT2D eigenvalue weighted by Crippen LogP contribution is 2.29. The summed E-state index contributed by atoms with van der Waals surface area (Å²) >= 11 is 0. The molecule has 0 aromatic carbocycles. The van der Waals surface area contributed by atoms with E-state index in [0.717, 1.165) is 4.68 Å². The van der Waals surface area contributed by atoms with E-state index in [1.54, 1.807) is 0 Å². The molecular weight excluding hydrogens is 268 g/mol. The van der Waals surface area contributed by atoms with Gasteiger partial charge in [-0.05, 0) is 0 Å². The molecule has 9 heteroatoms. The molecular formula is C11H14N4O5. The smallest absolute Gasteiger partial charge is 0.294 e. The van der Waals surface area contributed by atoms with Crippen LogP contribution in [0.2, 0.25) is 0 Å². The Bertz CT molecular complexity index is 696. The minimum atomic E-state index is -1.24. The lowest BCUT2D eigenvalue weighted by Crippen LogP contribution is -2.33. The van der Waals surface area contributed by atoms with E-state index in [1.165, 1.54) is 24.1 Å². The molecule has 0 radical (unpaired) electrons. The number of rotatable bonds is 2. The van der Waals surface area contributed by atoms with Crippen LogP contribution in [-0.4, -0.2) is 59.8 Å². The molecule has 3 rings (SSSR count). The molecule has 9 nitrogen and oxygen atoms in total. The van der Waals surface area contributed by atoms with E-state index in [9.17, 15) is 15.0 Å². The number of hydrogen-bond acceptors (Lipinski definition) is 7. The van der Waals surface area contributed by atoms with E-state index in [-0.39, 0.29) is 11.1 Å². The van der Waals surface area contributed by atoms with Gasteiger partial charge in [-0.25, -0.2) is 9.36 Å². The maximum atomic E-state index is 11.9. The highest BCUT2D eigenvalue weighted by molar-refractivity contribution is 5.75. The second-order valence-corrected chi connectivity index (χ2v) is 4.72. The Morgan fingerprint density at radius 3 is 2.80 bits per heavy atom. The van der Waals surface area contributed by atoms with E-state index < -0.39 is 31.1 Å². The highest BCUT2D eigenvalue weighted by atomic mass is 16.6. The largest absolute Gasteiger partial charge is 0.394 e. The van der Waals surface area contributed by atoms with Crippen molar-refractivity contribution >= 4 is 10.9 Å². The molecule has 1 fully saturated rings. The Hall–Kier alpha value is -1.81. The van der Waals surface area contributed by atoms with Gasteiger partial charge in [-0.2, -0.15) is 10.2 Å². The summed E-state index contributed by atoms with van der Waals surface area (Å²) in [6.45, 7) is -0.418. The number of hydrogen-bond donors (Lipinski definition) is 3. The van der Waals surface area contributed by atoms with Crippen LogP contribution in [0.3, 0.4) is 0 Å². The van der Waals surface area contributed by atoms with Gasteiger partial charge < -0.3 is 20.1 Å². The van der Waals surface area contributed by atoms with Crippen molar-refractivity contribution in [3.05, 3.63) is 22.7 Å². The molecule has 3 heterocycles. The predicted octanol–water partition coefficient (Wildman–Crippen LogP) is -2.26. The quantitative estimate of drug-likeness (QED) is 0.568. The molecule has 20 heavy (non-hydrogen) atoms. The molecule has 1 aliphatic heterocycles. The molecule has 2 aromatic rings. The lowest BCUT2D eigenvalue weighted by atomic mass is 10.1. The van der Waals surface area contributed by atoms with Crippen molar-refractivity contribution in [2.45, 2.75) is 24.5 Å². The first kappa shape index (κ1) is 13.2. The number of fused-ring (bicyclic) bond motifs is 1. The van der Waals surface area contributed by atoms with Crippen LogP contribution in [0.4, 0.5) is 0 Å². The summed E-state index contributed by atoms with van der Waals surface area (Å²) in [4.78, 5) is 11.9. The Kier molecular flexibility index (Phi) is 3.05. The van der Waals surface area contributed by atoms with Crippen LogP contribution in [0.25, 0.3) is 10.9 Å². The van der Waals surface area contributed by atoms with Crippen molar-refractivity contribution in [1.29, 1.82) is 0 Å². The third kappa shape index (κ3) is 1.83. The molecule has 2 aromatic heterocycles. The molecule has 108 valence electrons. The van der Waals surface area contributed by atoms with Crippen LogP contribution in [0.1, 0.15) is 6.23 Å². The molecule has 1 aliphatic rings. The summed E-state index contributed by atoms with van der Waals surface area (Å²) in [5.41, 5.74) is -0.173. The average Bonchev–Trinajstić information content (AvgIpc) is 2.98. The number of aliphatic hydroxyl groups excluding tert-OH is 3. The van der Waals surface area contributed by atoms with Crippen molar-refractivity contribution in [2.75, 3.05) is 6.61 Å². The first-order valence-corrected chi connectivity index (χ1v) is 6.06. The molecule has 0 unspecified atom stereocenters. The van der Waals surface area contributed by atoms with Gasteiger partial charge in [0.15, 0.2) is 11.7 Å². The van der Waals surface area contributed by atoms with Gasteiger partial charge in [0.1, 0.15) is 18.3 Å². The molecule has 3 N–H and O–H groups in total. The van der Waals surface area contributed by atoms with Crippen LogP contribution >= 0.6 is 0 Å². The van der Waals surface area contributed by atoms with Gasteiger partial charge in [0.05, 0.1) is 12.8 Å². The summed E-state index contributed by atoms with van der Waals surface area (Å²) in [6.07, 6.45) is -1.31. The van der Waals surface area contributed by atoms with Gasteiger partial charge in [0.2, 0.25) is 0 Å². The van der Waals surface area contributed by atoms with E-state index >= 15 is 0 Å². The maximum absolute atomic E-state index is 11.9. The van der Waals surface area contributed by atoms with Crippen molar-refractivity contribution < 1.29 is 20.1 Å². The van der Waals surface area contributed by atoms with Crippen LogP contribution in [-0.2, 0) is 11.8 Å². The minimum Gasteiger partial charge on any atom is -0.394 e. The van der Waals surface area contributed by atoms with Crippen LogP contribution in [0.5, 0.6) is 0 Å². The molecule has 0 saturated carbocycles. The molecule has 1 saturated heterocycles. The van der Waals surface area contributed by atoms with E-state index in [4.69, 9.17) is 9.84 Å². The molecule has 4 atom stereocenters. The minimum absolute atomic E-state index is 0.195. The topological polar surface area (TPSA) is 123 Å². The highest BCUT2D eigenvalue weighted by Gasteiger charge is 2.43. The van der Waals surface area contributed by atoms with Crippen molar-refractivity contribution in [3.8, 4) is 0 Å². The monoisotopic (exact) mass is 282 g/mol. The van der Waals surface area contributed by atoms with E-state index in [2.05, 4.69) is 10.2 Å². The van der Waals surface area contributed by atoms with Gasteiger partial charge in [-0.15, -0.1) is 0 Å². The Balaban J connectivity index is 2.03. The normalized spacial score (nSPS) is 30.2. The van der Waals surface area contributed by atoms with Crippen LogP contribution in [0.15, 0.2) is 17.2 Å². The average molecular weight is 282 g/mol. The van der Waals surface area contributed by atoms with Crippen LogP contribution in [0, 0.1) is 0 Å². The van der Waals surface area contributed by atoms with Crippen molar-refractivity contribution in [2.24, 2.45) is 7.05 Å². The fraction of sp³-hybridized carbons (Fsp3) is 0.545. The number of aliphatic hydroxyl groups is 3. The second kappa shape index (κ2) is 4.63. The van der Waals surface area contributed by atoms with Gasteiger partial charge in [0.25, 0.3) is 5.56 Å². The number of aryl methyl sites for hydroxylation is 1. The number of nitrogens with zero attached hydrogens (tertiary/aromatic N) is 4. The Morgan fingerprint density at radius 1 is 1.40 bits per heavy atom. The predicted molar refractivity (Wildman–Crippen MR) is 65.8 cm³/mol. The summed E-state index contributed by atoms with van der Waals surface area (Å²) in [5.74, 6) is 0. The molecule has 0 bridgehead atoms. The first-order chi connectivity index (χ1) is 9.52. The maximum Gasteiger partial charge on any atom is 0.294 e. The SMILES string of the molecule is Cn1ncc2cn([C@@H]3O[C@H](CO)[C@@H](O)[C@H]3O)nc2c1=O. The number of ether oxygens (including phenoxy) is 1. The van der Waals surface area contributed by atoms with Gasteiger partial charge in [-0.3, -0.25) is 4.79 Å². The van der Waals surface area contributed by atoms with E-state index in [0.29, 0.717) is 5.39 Å². The van der Waals surface area contributed by atoms with Crippen molar-refractivity contribution in [1.82, 2.24) is 19.6 Å². The fourth-order valence-electron chi connectivity index (χ4n) is 2.25. The molecule has 0 amide bonds. The summed E-state index contributed by atoms with van der Waals surface area (Å²) < 4.78 is 7.75. The molecule has 0 aliphatic carbocycles. The van der Waals surface area contributed by atoms with Crippen LogP contribution < -0.4 is 5.56 Å². The molecule has 0 spiro atoms. The zero-order valence-electron chi connectivity index (χ0n) is 10.6. The Morgan fingerprint density at radius 2 is 2.15 bits per heavy atom. The zero-order valence-corrected chi connectivity index (χ0v) is 10.6. The van der Waals surface area contributed by atoms with Gasteiger partial charge in [-0.1, -0.05) is 0 Å². The van der Waals surface area contributed by atoms with Gasteiger partial charge in [0, 0.05) is 18.6 Å². The third-order valence-corrected chi connectivity index (χ3v) is 3.40. The summed E-state index contributed by atoms with van der Waals surface area (Å²) in [5, 5.41) is 37.1. The standard InChI is InChI=1S/C11H14N4O5/c1-14-10(19)7-5(2-12-14)3-15(13-7)11-9(18)8(17)6(4-16)20-11/h2-3,6,8-9,11,16-18H,4H2,1H3/t6-,8-,9-,11-/m1/s1. The summed E-state index contributed by atoms with van der Waals surface area (Å²) in [6, 6.07) is 0. The third-order valence-electron chi connectivity index (χ3n) is 3.40. The van der Waals surface area contributed by atoms with Gasteiger partial charge >= 0.3 is 0 Å². The number of aromatic nitrogens is 4. The zero-order chi connectivity index (χ0) is 14.4. The van der Waals surface area contributed by atoms with E-state index in [1.807, 2.05) is 0 Å². The summed E-state index contributed by atoms with van der Waals surface area (Å²) in [7, 11) is 1.51. The Labute approximate surface area is 112 Å². The second-order valence-electron chi connectivity index (χ2n) is 4.72. The first-order valence-electron chi connectivity index (χ1n) is 6.06. The van der Waals surface area contributed by atoms with Crippen molar-refractivity contribution in [3.63, 3.8) is 0 Å². The fourth-order valence-corrected chi connectivity index (χ4v) is 2.25. The lowest BCUT2D eigenvalue weighted by molar-refractivity contribution is -0.0583.